The first-order chi connectivity index (χ1) is 14.5. The van der Waals surface area contributed by atoms with Crippen molar-refractivity contribution in [1.29, 1.82) is 0 Å². The number of nitrogens with zero attached hydrogens (tertiary/aromatic N) is 3. The van der Waals surface area contributed by atoms with Gasteiger partial charge in [-0.1, -0.05) is 0 Å². The monoisotopic (exact) mass is 450 g/mol. The van der Waals surface area contributed by atoms with Crippen LogP contribution in [0.4, 0.5) is 10.5 Å². The van der Waals surface area contributed by atoms with E-state index in [9.17, 15) is 19.5 Å². The number of rotatable bonds is 4. The zero-order chi connectivity index (χ0) is 22.8. The van der Waals surface area contributed by atoms with E-state index in [-0.39, 0.29) is 23.9 Å². The van der Waals surface area contributed by atoms with Gasteiger partial charge < -0.3 is 20.1 Å². The lowest BCUT2D eigenvalue weighted by Gasteiger charge is -2.38. The van der Waals surface area contributed by atoms with Gasteiger partial charge in [-0.25, -0.2) is 9.78 Å². The molecule has 168 valence electrons. The van der Waals surface area contributed by atoms with E-state index in [1.807, 2.05) is 0 Å². The number of aromatic nitrogens is 2. The summed E-state index contributed by atoms with van der Waals surface area (Å²) in [5, 5.41) is 14.0. The van der Waals surface area contributed by atoms with Crippen LogP contribution in [-0.4, -0.2) is 61.7 Å². The van der Waals surface area contributed by atoms with Crippen LogP contribution in [0.5, 0.6) is 0 Å². The van der Waals surface area contributed by atoms with E-state index in [1.54, 1.807) is 43.9 Å². The third kappa shape index (κ3) is 5.74. The Bertz CT molecular complexity index is 1040. The molecule has 0 aliphatic carbocycles. The number of hydrogen-bond donors (Lipinski definition) is 2. The van der Waals surface area contributed by atoms with Crippen LogP contribution in [0.2, 0.25) is 0 Å². The Balaban J connectivity index is 1.71. The molecule has 2 amide bonds. The molecule has 1 aromatic heterocycles. The molecule has 0 unspecified atom stereocenters. The molecule has 1 aromatic carbocycles. The minimum absolute atomic E-state index is 0.0711. The highest BCUT2D eigenvalue weighted by Gasteiger charge is 2.36. The first kappa shape index (κ1) is 23.0. The van der Waals surface area contributed by atoms with E-state index in [0.29, 0.717) is 42.5 Å². The highest BCUT2D eigenvalue weighted by atomic mass is 35.5. The van der Waals surface area contributed by atoms with Crippen molar-refractivity contribution in [3.05, 3.63) is 34.9 Å². The van der Waals surface area contributed by atoms with Gasteiger partial charge in [0.05, 0.1) is 29.4 Å². The summed E-state index contributed by atoms with van der Waals surface area (Å²) < 4.78 is 6.76. The van der Waals surface area contributed by atoms with Crippen molar-refractivity contribution < 1.29 is 19.4 Å². The van der Waals surface area contributed by atoms with Crippen LogP contribution in [0.1, 0.15) is 33.6 Å². The fourth-order valence-electron chi connectivity index (χ4n) is 3.45. The third-order valence-corrected chi connectivity index (χ3v) is 5.28. The standard InChI is InChI=1S/C21H27ClN4O5/c1-20(2,3)31-19(29)25-8-6-21(30,7-9-25)12-26-13-23-16-10-14(24-17(27)11-22)4-5-15(16)18(26)28/h4-5,10,13,30H,6-9,11-12H2,1-3H3,(H,24,27). The van der Waals surface area contributed by atoms with Gasteiger partial charge in [-0.15, -0.1) is 11.6 Å². The van der Waals surface area contributed by atoms with Crippen molar-refractivity contribution in [2.24, 2.45) is 0 Å². The van der Waals surface area contributed by atoms with Crippen molar-refractivity contribution in [2.45, 2.75) is 51.4 Å². The summed E-state index contributed by atoms with van der Waals surface area (Å²) in [5.41, 5.74) is -1.08. The number of piperidine rings is 1. The Kier molecular flexibility index (Phi) is 6.56. The van der Waals surface area contributed by atoms with Gasteiger partial charge in [0.25, 0.3) is 5.56 Å². The number of carbonyl (C=O) groups is 2. The van der Waals surface area contributed by atoms with Gasteiger partial charge in [-0.2, -0.15) is 0 Å². The Morgan fingerprint density at radius 3 is 2.58 bits per heavy atom. The van der Waals surface area contributed by atoms with Crippen molar-refractivity contribution >= 4 is 40.2 Å². The van der Waals surface area contributed by atoms with E-state index < -0.39 is 17.3 Å². The topological polar surface area (TPSA) is 114 Å². The predicted molar refractivity (Wildman–Crippen MR) is 117 cm³/mol. The highest BCUT2D eigenvalue weighted by molar-refractivity contribution is 6.29. The van der Waals surface area contributed by atoms with Crippen molar-refractivity contribution in [2.75, 3.05) is 24.3 Å². The Morgan fingerprint density at radius 1 is 1.29 bits per heavy atom. The number of likely N-dealkylation sites (tertiary alicyclic amines) is 1. The largest absolute Gasteiger partial charge is 0.444 e. The molecule has 10 heteroatoms. The number of aliphatic hydroxyl groups is 1. The number of amides is 2. The SMILES string of the molecule is CC(C)(C)OC(=O)N1CCC(O)(Cn2cnc3cc(NC(=O)CCl)ccc3c2=O)CC1. The second-order valence-corrected chi connectivity index (χ2v) is 9.05. The van der Waals surface area contributed by atoms with E-state index in [2.05, 4.69) is 10.3 Å². The van der Waals surface area contributed by atoms with Crippen molar-refractivity contribution in [1.82, 2.24) is 14.5 Å². The first-order valence-corrected chi connectivity index (χ1v) is 10.6. The van der Waals surface area contributed by atoms with Gasteiger partial charge in [-0.05, 0) is 51.8 Å². The van der Waals surface area contributed by atoms with E-state index in [1.165, 1.54) is 10.9 Å². The lowest BCUT2D eigenvalue weighted by Crippen LogP contribution is -2.50. The molecule has 2 N–H and O–H groups in total. The van der Waals surface area contributed by atoms with Gasteiger partial charge in [0.1, 0.15) is 11.5 Å². The van der Waals surface area contributed by atoms with Crippen molar-refractivity contribution in [3.8, 4) is 0 Å². The summed E-state index contributed by atoms with van der Waals surface area (Å²) in [6.45, 7) is 6.16. The summed E-state index contributed by atoms with van der Waals surface area (Å²) >= 11 is 5.49. The van der Waals surface area contributed by atoms with Crippen LogP contribution in [0, 0.1) is 0 Å². The minimum Gasteiger partial charge on any atom is -0.444 e. The number of carbonyl (C=O) groups excluding carboxylic acids is 2. The normalized spacial score (nSPS) is 16.2. The molecule has 0 bridgehead atoms. The molecule has 1 saturated heterocycles. The molecular formula is C21H27ClN4O5. The number of hydrogen-bond acceptors (Lipinski definition) is 6. The lowest BCUT2D eigenvalue weighted by molar-refractivity contribution is -0.113. The number of halogens is 1. The van der Waals surface area contributed by atoms with Gasteiger partial charge in [0.15, 0.2) is 0 Å². The average Bonchev–Trinajstić information content (AvgIpc) is 2.69. The molecule has 0 radical (unpaired) electrons. The molecule has 2 heterocycles. The van der Waals surface area contributed by atoms with Crippen LogP contribution >= 0.6 is 11.6 Å². The number of fused-ring (bicyclic) bond motifs is 1. The predicted octanol–water partition coefficient (Wildman–Crippen LogP) is 2.34. The maximum atomic E-state index is 12.9. The molecule has 1 aliphatic heterocycles. The molecular weight excluding hydrogens is 424 g/mol. The Labute approximate surface area is 185 Å². The van der Waals surface area contributed by atoms with Crippen LogP contribution in [0.3, 0.4) is 0 Å². The second kappa shape index (κ2) is 8.84. The maximum absolute atomic E-state index is 12.9. The van der Waals surface area contributed by atoms with Gasteiger partial charge in [0.2, 0.25) is 5.91 Å². The molecule has 3 rings (SSSR count). The fourth-order valence-corrected chi connectivity index (χ4v) is 3.52. The van der Waals surface area contributed by atoms with Crippen molar-refractivity contribution in [3.63, 3.8) is 0 Å². The van der Waals surface area contributed by atoms with Gasteiger partial charge in [0, 0.05) is 18.8 Å². The number of anilines is 1. The van der Waals surface area contributed by atoms with E-state index in [4.69, 9.17) is 16.3 Å². The summed E-state index contributed by atoms with van der Waals surface area (Å²) in [7, 11) is 0. The van der Waals surface area contributed by atoms with Crippen LogP contribution in [0.15, 0.2) is 29.3 Å². The molecule has 1 aliphatic rings. The summed E-state index contributed by atoms with van der Waals surface area (Å²) in [4.78, 5) is 42.4. The fraction of sp³-hybridized carbons (Fsp3) is 0.524. The highest BCUT2D eigenvalue weighted by Crippen LogP contribution is 2.25. The molecule has 9 nitrogen and oxygen atoms in total. The van der Waals surface area contributed by atoms with Crippen LogP contribution < -0.4 is 10.9 Å². The molecule has 1 fully saturated rings. The zero-order valence-electron chi connectivity index (χ0n) is 17.9. The van der Waals surface area contributed by atoms with Gasteiger partial charge >= 0.3 is 6.09 Å². The van der Waals surface area contributed by atoms with Crippen LogP contribution in [-0.2, 0) is 16.1 Å². The number of ether oxygens (including phenoxy) is 1. The third-order valence-electron chi connectivity index (χ3n) is 5.04. The van der Waals surface area contributed by atoms with E-state index >= 15 is 0 Å². The molecule has 0 atom stereocenters. The molecule has 2 aromatic rings. The second-order valence-electron chi connectivity index (χ2n) is 8.78. The number of benzene rings is 1. The Morgan fingerprint density at radius 2 is 1.97 bits per heavy atom. The lowest BCUT2D eigenvalue weighted by atomic mass is 9.91. The summed E-state index contributed by atoms with van der Waals surface area (Å²) in [5.74, 6) is -0.522. The summed E-state index contributed by atoms with van der Waals surface area (Å²) in [6, 6.07) is 4.79. The summed E-state index contributed by atoms with van der Waals surface area (Å²) in [6.07, 6.45) is 1.62. The van der Waals surface area contributed by atoms with Gasteiger partial charge in [-0.3, -0.25) is 14.2 Å². The first-order valence-electron chi connectivity index (χ1n) is 10.0. The molecule has 0 spiro atoms. The minimum atomic E-state index is -1.13. The maximum Gasteiger partial charge on any atom is 0.410 e. The molecule has 31 heavy (non-hydrogen) atoms. The van der Waals surface area contributed by atoms with E-state index in [0.717, 1.165) is 0 Å². The zero-order valence-corrected chi connectivity index (χ0v) is 18.6. The number of nitrogens with one attached hydrogen (secondary N) is 1. The van der Waals surface area contributed by atoms with Crippen LogP contribution in [0.25, 0.3) is 10.9 Å². The average molecular weight is 451 g/mol. The quantitative estimate of drug-likeness (QED) is 0.691. The Hall–Kier alpha value is -2.65. The number of alkyl halides is 1. The smallest absolute Gasteiger partial charge is 0.410 e. The molecule has 0 saturated carbocycles.